The highest BCUT2D eigenvalue weighted by Gasteiger charge is 2.09. The molecule has 104 valence electrons. The predicted molar refractivity (Wildman–Crippen MR) is 75.4 cm³/mol. The van der Waals surface area contributed by atoms with E-state index in [1.54, 1.807) is 19.1 Å². The van der Waals surface area contributed by atoms with Crippen molar-refractivity contribution in [2.75, 3.05) is 6.61 Å². The van der Waals surface area contributed by atoms with Gasteiger partial charge < -0.3 is 9.84 Å². The standard InChI is InChI=1S/C16H17NO3/c1-2-20-16(19)15-8-4-7-14(17-15)10-12-5-3-6-13(9-12)11-18/h3-9,18H,2,10-11H2,1H3. The van der Waals surface area contributed by atoms with Gasteiger partial charge in [0, 0.05) is 12.1 Å². The molecule has 0 aliphatic heterocycles. The van der Waals surface area contributed by atoms with Crippen LogP contribution in [0.2, 0.25) is 0 Å². The number of pyridine rings is 1. The molecule has 0 aliphatic rings. The summed E-state index contributed by atoms with van der Waals surface area (Å²) in [6.07, 6.45) is 0.612. The van der Waals surface area contributed by atoms with Crippen LogP contribution >= 0.6 is 0 Å². The zero-order valence-corrected chi connectivity index (χ0v) is 11.4. The van der Waals surface area contributed by atoms with Crippen molar-refractivity contribution < 1.29 is 14.6 Å². The van der Waals surface area contributed by atoms with Crippen LogP contribution in [0.3, 0.4) is 0 Å². The number of nitrogens with zero attached hydrogens (tertiary/aromatic N) is 1. The van der Waals surface area contributed by atoms with E-state index in [4.69, 9.17) is 9.84 Å². The van der Waals surface area contributed by atoms with E-state index in [0.29, 0.717) is 18.7 Å². The number of aliphatic hydroxyl groups excluding tert-OH is 1. The first-order valence-corrected chi connectivity index (χ1v) is 6.54. The number of rotatable bonds is 5. The first kappa shape index (κ1) is 14.2. The number of aromatic nitrogens is 1. The number of ether oxygens (including phenoxy) is 1. The summed E-state index contributed by atoms with van der Waals surface area (Å²) in [7, 11) is 0. The van der Waals surface area contributed by atoms with Gasteiger partial charge >= 0.3 is 5.97 Å². The maximum atomic E-state index is 11.6. The number of esters is 1. The Bertz CT molecular complexity index is 596. The van der Waals surface area contributed by atoms with E-state index in [-0.39, 0.29) is 6.61 Å². The van der Waals surface area contributed by atoms with E-state index in [9.17, 15) is 4.79 Å². The zero-order chi connectivity index (χ0) is 14.4. The summed E-state index contributed by atoms with van der Waals surface area (Å²) < 4.78 is 4.94. The molecule has 2 rings (SSSR count). The van der Waals surface area contributed by atoms with Gasteiger partial charge in [-0.05, 0) is 30.2 Å². The summed E-state index contributed by atoms with van der Waals surface area (Å²) >= 11 is 0. The number of aliphatic hydroxyl groups is 1. The van der Waals surface area contributed by atoms with Crippen LogP contribution in [0.5, 0.6) is 0 Å². The van der Waals surface area contributed by atoms with E-state index in [1.807, 2.05) is 30.3 Å². The molecule has 0 saturated carbocycles. The second-order valence-electron chi connectivity index (χ2n) is 4.39. The molecule has 0 fully saturated rings. The van der Waals surface area contributed by atoms with Crippen LogP contribution in [0.15, 0.2) is 42.5 Å². The summed E-state index contributed by atoms with van der Waals surface area (Å²) in [6.45, 7) is 2.12. The van der Waals surface area contributed by atoms with Crippen LogP contribution in [-0.4, -0.2) is 22.7 Å². The Labute approximate surface area is 118 Å². The molecular weight excluding hydrogens is 254 g/mol. The highest BCUT2D eigenvalue weighted by atomic mass is 16.5. The van der Waals surface area contributed by atoms with Gasteiger partial charge in [-0.15, -0.1) is 0 Å². The first-order chi connectivity index (χ1) is 9.72. The lowest BCUT2D eigenvalue weighted by molar-refractivity contribution is 0.0519. The Morgan fingerprint density at radius 2 is 1.95 bits per heavy atom. The third-order valence-corrected chi connectivity index (χ3v) is 2.85. The number of hydrogen-bond donors (Lipinski definition) is 1. The van der Waals surface area contributed by atoms with Crippen molar-refractivity contribution in [3.63, 3.8) is 0 Å². The lowest BCUT2D eigenvalue weighted by Crippen LogP contribution is -2.08. The van der Waals surface area contributed by atoms with E-state index in [1.165, 1.54) is 0 Å². The van der Waals surface area contributed by atoms with Crippen molar-refractivity contribution in [2.45, 2.75) is 20.0 Å². The number of benzene rings is 1. The van der Waals surface area contributed by atoms with Crippen molar-refractivity contribution in [1.29, 1.82) is 0 Å². The maximum absolute atomic E-state index is 11.6. The third-order valence-electron chi connectivity index (χ3n) is 2.85. The summed E-state index contributed by atoms with van der Waals surface area (Å²) in [4.78, 5) is 15.9. The lowest BCUT2D eigenvalue weighted by Gasteiger charge is -2.05. The van der Waals surface area contributed by atoms with Crippen LogP contribution in [0.1, 0.15) is 34.2 Å². The fourth-order valence-corrected chi connectivity index (χ4v) is 1.94. The van der Waals surface area contributed by atoms with E-state index in [2.05, 4.69) is 4.98 Å². The van der Waals surface area contributed by atoms with Gasteiger partial charge in [-0.3, -0.25) is 0 Å². The molecule has 0 amide bonds. The summed E-state index contributed by atoms with van der Waals surface area (Å²) in [5.41, 5.74) is 3.03. The van der Waals surface area contributed by atoms with Gasteiger partial charge in [0.05, 0.1) is 13.2 Å². The fraction of sp³-hybridized carbons (Fsp3) is 0.250. The highest BCUT2D eigenvalue weighted by Crippen LogP contribution is 2.11. The van der Waals surface area contributed by atoms with Gasteiger partial charge in [-0.25, -0.2) is 9.78 Å². The topological polar surface area (TPSA) is 59.4 Å². The molecule has 0 saturated heterocycles. The normalized spacial score (nSPS) is 10.3. The van der Waals surface area contributed by atoms with Gasteiger partial charge in [0.1, 0.15) is 5.69 Å². The first-order valence-electron chi connectivity index (χ1n) is 6.54. The molecule has 1 N–H and O–H groups in total. The van der Waals surface area contributed by atoms with Gasteiger partial charge in [0.25, 0.3) is 0 Å². The van der Waals surface area contributed by atoms with Crippen molar-refractivity contribution in [3.05, 3.63) is 65.0 Å². The number of carbonyl (C=O) groups excluding carboxylic acids is 1. The minimum atomic E-state index is -0.404. The third kappa shape index (κ3) is 3.65. The monoisotopic (exact) mass is 271 g/mol. The van der Waals surface area contributed by atoms with Gasteiger partial charge in [0.2, 0.25) is 0 Å². The van der Waals surface area contributed by atoms with Crippen LogP contribution in [0.4, 0.5) is 0 Å². The molecule has 0 atom stereocenters. The van der Waals surface area contributed by atoms with Gasteiger partial charge in [-0.2, -0.15) is 0 Å². The van der Waals surface area contributed by atoms with Crippen LogP contribution in [0.25, 0.3) is 0 Å². The lowest BCUT2D eigenvalue weighted by atomic mass is 10.1. The largest absolute Gasteiger partial charge is 0.461 e. The molecule has 0 spiro atoms. The highest BCUT2D eigenvalue weighted by molar-refractivity contribution is 5.87. The molecule has 0 aliphatic carbocycles. The van der Waals surface area contributed by atoms with Gasteiger partial charge in [-0.1, -0.05) is 30.3 Å². The molecule has 0 bridgehead atoms. The van der Waals surface area contributed by atoms with E-state index < -0.39 is 5.97 Å². The Hall–Kier alpha value is -2.20. The predicted octanol–water partition coefficient (Wildman–Crippen LogP) is 2.34. The molecule has 1 heterocycles. The van der Waals surface area contributed by atoms with Crippen LogP contribution in [-0.2, 0) is 17.8 Å². The average molecular weight is 271 g/mol. The van der Waals surface area contributed by atoms with Gasteiger partial charge in [0.15, 0.2) is 0 Å². The van der Waals surface area contributed by atoms with Crippen LogP contribution in [0, 0.1) is 0 Å². The summed E-state index contributed by atoms with van der Waals surface area (Å²) in [6, 6.07) is 13.0. The average Bonchev–Trinajstić information content (AvgIpc) is 2.48. The van der Waals surface area contributed by atoms with E-state index >= 15 is 0 Å². The minimum Gasteiger partial charge on any atom is -0.461 e. The Balaban J connectivity index is 2.16. The SMILES string of the molecule is CCOC(=O)c1cccc(Cc2cccc(CO)c2)n1. The molecule has 2 aromatic rings. The Morgan fingerprint density at radius 3 is 2.70 bits per heavy atom. The number of carbonyl (C=O) groups is 1. The zero-order valence-electron chi connectivity index (χ0n) is 11.4. The number of hydrogen-bond acceptors (Lipinski definition) is 4. The molecule has 0 radical (unpaired) electrons. The molecule has 1 aromatic carbocycles. The van der Waals surface area contributed by atoms with Crippen molar-refractivity contribution >= 4 is 5.97 Å². The Morgan fingerprint density at radius 1 is 1.20 bits per heavy atom. The molecule has 0 unspecified atom stereocenters. The quantitative estimate of drug-likeness (QED) is 0.848. The molecule has 4 heteroatoms. The molecule has 4 nitrogen and oxygen atoms in total. The maximum Gasteiger partial charge on any atom is 0.356 e. The summed E-state index contributed by atoms with van der Waals surface area (Å²) in [5.74, 6) is -0.404. The molecular formula is C16H17NO3. The smallest absolute Gasteiger partial charge is 0.356 e. The van der Waals surface area contributed by atoms with Crippen molar-refractivity contribution in [3.8, 4) is 0 Å². The second-order valence-corrected chi connectivity index (χ2v) is 4.39. The van der Waals surface area contributed by atoms with E-state index in [0.717, 1.165) is 16.8 Å². The minimum absolute atomic E-state index is 0.0180. The summed E-state index contributed by atoms with van der Waals surface area (Å²) in [5, 5.41) is 9.13. The second kappa shape index (κ2) is 6.82. The fourth-order valence-electron chi connectivity index (χ4n) is 1.94. The Kier molecular flexibility index (Phi) is 4.85. The molecule has 1 aromatic heterocycles. The van der Waals surface area contributed by atoms with Crippen molar-refractivity contribution in [1.82, 2.24) is 4.98 Å². The van der Waals surface area contributed by atoms with Crippen molar-refractivity contribution in [2.24, 2.45) is 0 Å². The van der Waals surface area contributed by atoms with Crippen LogP contribution < -0.4 is 0 Å². The molecule has 20 heavy (non-hydrogen) atoms.